The maximum atomic E-state index is 8.97. The van der Waals surface area contributed by atoms with Gasteiger partial charge in [0.25, 0.3) is 0 Å². The average Bonchev–Trinajstić information content (AvgIpc) is 2.30. The molecular formula is C13H13N. The minimum atomic E-state index is 0.806. The molecule has 0 radical (unpaired) electrons. The lowest BCUT2D eigenvalue weighted by atomic mass is 9.91. The number of hydrogen-bond acceptors (Lipinski definition) is 1. The van der Waals surface area contributed by atoms with Gasteiger partial charge >= 0.3 is 0 Å². The van der Waals surface area contributed by atoms with Gasteiger partial charge in [0.1, 0.15) is 0 Å². The van der Waals surface area contributed by atoms with Crippen LogP contribution in [0.25, 0.3) is 5.57 Å². The molecule has 1 aromatic carbocycles. The molecule has 1 heteroatoms. The molecular weight excluding hydrogens is 170 g/mol. The minimum Gasteiger partial charge on any atom is -0.192 e. The predicted octanol–water partition coefficient (Wildman–Crippen LogP) is 3.52. The molecule has 0 saturated heterocycles. The summed E-state index contributed by atoms with van der Waals surface area (Å²) in [5.74, 6) is 0. The number of nitriles is 1. The summed E-state index contributed by atoms with van der Waals surface area (Å²) in [7, 11) is 0. The summed E-state index contributed by atoms with van der Waals surface area (Å²) in [4.78, 5) is 0. The maximum absolute atomic E-state index is 8.97. The molecule has 0 spiro atoms. The predicted molar refractivity (Wildman–Crippen MR) is 57.6 cm³/mol. The van der Waals surface area contributed by atoms with E-state index in [4.69, 9.17) is 5.26 Å². The Labute approximate surface area is 84.7 Å². The normalized spacial score (nSPS) is 15.8. The molecule has 0 amide bonds. The van der Waals surface area contributed by atoms with Crippen LogP contribution in [0.1, 0.15) is 36.8 Å². The fourth-order valence-corrected chi connectivity index (χ4v) is 1.94. The van der Waals surface area contributed by atoms with Crippen molar-refractivity contribution in [2.45, 2.75) is 25.7 Å². The van der Waals surface area contributed by atoms with Gasteiger partial charge in [0.15, 0.2) is 0 Å². The van der Waals surface area contributed by atoms with Crippen LogP contribution in [0.4, 0.5) is 0 Å². The number of allylic oxidation sites excluding steroid dienone is 2. The van der Waals surface area contributed by atoms with Crippen LogP contribution in [0.3, 0.4) is 0 Å². The highest BCUT2D eigenvalue weighted by Crippen LogP contribution is 2.28. The highest BCUT2D eigenvalue weighted by Gasteiger charge is 2.09. The Morgan fingerprint density at radius 1 is 1.14 bits per heavy atom. The molecule has 0 unspecified atom stereocenters. The standard InChI is InChI=1S/C13H13N/c14-10-12-8-4-5-9-13(12)11-6-2-1-3-7-11/h4-6,8-9H,1-3,7H2. The Kier molecular flexibility index (Phi) is 2.65. The molecule has 0 N–H and O–H groups in total. The molecule has 0 heterocycles. The lowest BCUT2D eigenvalue weighted by Crippen LogP contribution is -1.94. The van der Waals surface area contributed by atoms with E-state index < -0.39 is 0 Å². The van der Waals surface area contributed by atoms with E-state index in [-0.39, 0.29) is 0 Å². The van der Waals surface area contributed by atoms with E-state index in [1.807, 2.05) is 18.2 Å². The Morgan fingerprint density at radius 3 is 2.71 bits per heavy atom. The van der Waals surface area contributed by atoms with Crippen molar-refractivity contribution in [2.24, 2.45) is 0 Å². The van der Waals surface area contributed by atoms with E-state index in [1.165, 1.54) is 18.4 Å². The molecule has 0 atom stereocenters. The van der Waals surface area contributed by atoms with Crippen molar-refractivity contribution >= 4 is 5.57 Å². The summed E-state index contributed by atoms with van der Waals surface area (Å²) >= 11 is 0. The Balaban J connectivity index is 2.40. The largest absolute Gasteiger partial charge is 0.192 e. The van der Waals surface area contributed by atoms with Crippen LogP contribution in [-0.4, -0.2) is 0 Å². The van der Waals surface area contributed by atoms with Crippen LogP contribution in [0.2, 0.25) is 0 Å². The third-order valence-corrected chi connectivity index (χ3v) is 2.68. The fraction of sp³-hybridized carbons (Fsp3) is 0.308. The molecule has 1 nitrogen and oxygen atoms in total. The van der Waals surface area contributed by atoms with E-state index in [1.54, 1.807) is 0 Å². The highest BCUT2D eigenvalue weighted by molar-refractivity contribution is 5.70. The summed E-state index contributed by atoms with van der Waals surface area (Å²) < 4.78 is 0. The van der Waals surface area contributed by atoms with Gasteiger partial charge in [0.2, 0.25) is 0 Å². The van der Waals surface area contributed by atoms with Crippen molar-refractivity contribution in [3.8, 4) is 6.07 Å². The van der Waals surface area contributed by atoms with Gasteiger partial charge in [-0.25, -0.2) is 0 Å². The summed E-state index contributed by atoms with van der Waals surface area (Å²) in [6, 6.07) is 10.1. The number of nitrogens with zero attached hydrogens (tertiary/aromatic N) is 1. The van der Waals surface area contributed by atoms with Gasteiger partial charge in [-0.3, -0.25) is 0 Å². The van der Waals surface area contributed by atoms with Crippen LogP contribution < -0.4 is 0 Å². The van der Waals surface area contributed by atoms with E-state index >= 15 is 0 Å². The zero-order valence-corrected chi connectivity index (χ0v) is 8.16. The summed E-state index contributed by atoms with van der Waals surface area (Å²) in [5, 5.41) is 8.97. The quantitative estimate of drug-likeness (QED) is 0.653. The first-order chi connectivity index (χ1) is 6.92. The first-order valence-corrected chi connectivity index (χ1v) is 5.10. The Morgan fingerprint density at radius 2 is 2.00 bits per heavy atom. The average molecular weight is 183 g/mol. The number of rotatable bonds is 1. The first kappa shape index (κ1) is 9.02. The second kappa shape index (κ2) is 4.11. The van der Waals surface area contributed by atoms with Crippen molar-refractivity contribution < 1.29 is 0 Å². The molecule has 0 aliphatic heterocycles. The van der Waals surface area contributed by atoms with Crippen LogP contribution in [0, 0.1) is 11.3 Å². The molecule has 1 aromatic rings. The molecule has 2 rings (SSSR count). The van der Waals surface area contributed by atoms with Crippen molar-refractivity contribution in [3.63, 3.8) is 0 Å². The van der Waals surface area contributed by atoms with Crippen LogP contribution in [-0.2, 0) is 0 Å². The maximum Gasteiger partial charge on any atom is 0.0998 e. The van der Waals surface area contributed by atoms with Crippen LogP contribution >= 0.6 is 0 Å². The van der Waals surface area contributed by atoms with Gasteiger partial charge < -0.3 is 0 Å². The highest BCUT2D eigenvalue weighted by atomic mass is 14.2. The number of hydrogen-bond donors (Lipinski definition) is 0. The molecule has 0 aromatic heterocycles. The fourth-order valence-electron chi connectivity index (χ4n) is 1.94. The summed E-state index contributed by atoms with van der Waals surface area (Å²) in [6.07, 6.45) is 7.11. The van der Waals surface area contributed by atoms with Gasteiger partial charge in [0, 0.05) is 0 Å². The minimum absolute atomic E-state index is 0.806. The lowest BCUT2D eigenvalue weighted by molar-refractivity contribution is 0.742. The van der Waals surface area contributed by atoms with Crippen molar-refractivity contribution in [1.82, 2.24) is 0 Å². The van der Waals surface area contributed by atoms with E-state index in [9.17, 15) is 0 Å². The second-order valence-electron chi connectivity index (χ2n) is 3.63. The molecule has 0 bridgehead atoms. The van der Waals surface area contributed by atoms with Gasteiger partial charge in [-0.15, -0.1) is 0 Å². The van der Waals surface area contributed by atoms with Crippen LogP contribution in [0.15, 0.2) is 30.3 Å². The van der Waals surface area contributed by atoms with Gasteiger partial charge in [-0.05, 0) is 42.9 Å². The zero-order valence-electron chi connectivity index (χ0n) is 8.16. The summed E-state index contributed by atoms with van der Waals surface area (Å²) in [5.41, 5.74) is 3.30. The molecule has 1 aliphatic carbocycles. The molecule has 0 fully saturated rings. The van der Waals surface area contributed by atoms with Crippen molar-refractivity contribution in [1.29, 1.82) is 5.26 Å². The lowest BCUT2D eigenvalue weighted by Gasteiger charge is -2.13. The molecule has 0 saturated carbocycles. The van der Waals surface area contributed by atoms with E-state index in [0.29, 0.717) is 0 Å². The third kappa shape index (κ3) is 1.70. The monoisotopic (exact) mass is 183 g/mol. The first-order valence-electron chi connectivity index (χ1n) is 5.10. The molecule has 14 heavy (non-hydrogen) atoms. The molecule has 1 aliphatic rings. The van der Waals surface area contributed by atoms with Gasteiger partial charge in [0.05, 0.1) is 11.6 Å². The van der Waals surface area contributed by atoms with Crippen LogP contribution in [0.5, 0.6) is 0 Å². The number of benzene rings is 1. The Hall–Kier alpha value is -1.55. The smallest absolute Gasteiger partial charge is 0.0998 e. The molecule has 70 valence electrons. The SMILES string of the molecule is N#Cc1ccccc1C1=CCCCC1. The van der Waals surface area contributed by atoms with Gasteiger partial charge in [-0.1, -0.05) is 24.3 Å². The van der Waals surface area contributed by atoms with Gasteiger partial charge in [-0.2, -0.15) is 5.26 Å². The topological polar surface area (TPSA) is 23.8 Å². The summed E-state index contributed by atoms with van der Waals surface area (Å²) in [6.45, 7) is 0. The van der Waals surface area contributed by atoms with Crippen molar-refractivity contribution in [2.75, 3.05) is 0 Å². The van der Waals surface area contributed by atoms with Crippen molar-refractivity contribution in [3.05, 3.63) is 41.5 Å². The van der Waals surface area contributed by atoms with E-state index in [2.05, 4.69) is 18.2 Å². The third-order valence-electron chi connectivity index (χ3n) is 2.68. The Bertz CT molecular complexity index is 396. The van der Waals surface area contributed by atoms with E-state index in [0.717, 1.165) is 24.0 Å². The second-order valence-corrected chi connectivity index (χ2v) is 3.63. The zero-order chi connectivity index (χ0) is 9.80.